The van der Waals surface area contributed by atoms with Gasteiger partial charge in [-0.2, -0.15) is 0 Å². The molecule has 0 saturated carbocycles. The zero-order valence-electron chi connectivity index (χ0n) is 13.7. The van der Waals surface area contributed by atoms with Crippen LogP contribution in [0.3, 0.4) is 0 Å². The Morgan fingerprint density at radius 3 is 2.00 bits per heavy atom. The lowest BCUT2D eigenvalue weighted by Gasteiger charge is -2.24. The average Bonchev–Trinajstić information content (AvgIpc) is 2.70. The highest BCUT2D eigenvalue weighted by atomic mass is 131. The van der Waals surface area contributed by atoms with Gasteiger partial charge in [-0.15, -0.1) is 0 Å². The molecule has 0 aliphatic heterocycles. The summed E-state index contributed by atoms with van der Waals surface area (Å²) in [6.07, 6.45) is 7.67. The molecule has 5 nitrogen and oxygen atoms in total. The lowest BCUT2D eigenvalue weighted by molar-refractivity contribution is 0.168. The van der Waals surface area contributed by atoms with Crippen LogP contribution in [0.25, 0.3) is 0 Å². The number of hydrogen-bond donors (Lipinski definition) is 0. The van der Waals surface area contributed by atoms with Crippen molar-refractivity contribution in [1.29, 1.82) is 0 Å². The first-order chi connectivity index (χ1) is 12.4. The molecule has 0 atom stereocenters. The first kappa shape index (κ1) is 18.3. The van der Waals surface area contributed by atoms with Gasteiger partial charge in [0, 0.05) is 29.0 Å². The predicted octanol–water partition coefficient (Wildman–Crippen LogP) is 2.01. The second-order valence-electron chi connectivity index (χ2n) is 5.31. The lowest BCUT2D eigenvalue weighted by Crippen LogP contribution is -2.37. The zero-order valence-corrected chi connectivity index (χ0v) is 16.8. The van der Waals surface area contributed by atoms with E-state index in [4.69, 9.17) is 4.74 Å². The maximum atomic E-state index is 5.84. The van der Waals surface area contributed by atoms with Crippen molar-refractivity contribution in [2.24, 2.45) is 0 Å². The summed E-state index contributed by atoms with van der Waals surface area (Å²) in [5, 5.41) is 1.24. The molecular weight excluding hydrogens is 450 g/mol. The van der Waals surface area contributed by atoms with Crippen molar-refractivity contribution in [3.05, 3.63) is 67.5 Å². The molecule has 2 aromatic heterocycles. The van der Waals surface area contributed by atoms with Crippen LogP contribution in [-0.2, 0) is 4.74 Å². The van der Waals surface area contributed by atoms with Crippen LogP contribution >= 0.6 is 29.9 Å². The molecule has 0 bridgehead atoms. The molecule has 3 rings (SSSR count). The van der Waals surface area contributed by atoms with Crippen LogP contribution in [0.15, 0.2) is 67.5 Å². The van der Waals surface area contributed by atoms with Crippen molar-refractivity contribution in [2.45, 2.75) is 0 Å². The van der Waals surface area contributed by atoms with Gasteiger partial charge in [0.05, 0.1) is 13.2 Å². The van der Waals surface area contributed by atoms with Gasteiger partial charge >= 0.3 is 0 Å². The Hall–Kier alpha value is -1.50. The number of benzene rings is 1. The van der Waals surface area contributed by atoms with Crippen molar-refractivity contribution < 1.29 is 4.74 Å². The summed E-state index contributed by atoms with van der Waals surface area (Å²) in [5.41, 5.74) is 2.04. The van der Waals surface area contributed by atoms with Gasteiger partial charge in [0.25, 0.3) is 0 Å². The molecule has 0 spiro atoms. The molecule has 3 aromatic rings. The van der Waals surface area contributed by atoms with Gasteiger partial charge in [0.15, 0.2) is 18.1 Å². The van der Waals surface area contributed by atoms with E-state index in [-0.39, 0.29) is 0 Å². The minimum Gasteiger partial charge on any atom is -0.377 e. The molecule has 128 valence electrons. The first-order valence-corrected chi connectivity index (χ1v) is 11.5. The third-order valence-electron chi connectivity index (χ3n) is 3.90. The van der Waals surface area contributed by atoms with E-state index in [0.717, 1.165) is 28.1 Å². The Labute approximate surface area is 161 Å². The Kier molecular flexibility index (Phi) is 6.78. The van der Waals surface area contributed by atoms with Crippen LogP contribution in [0.4, 0.5) is 0 Å². The van der Waals surface area contributed by atoms with Crippen molar-refractivity contribution in [3.8, 4) is 0 Å². The predicted molar refractivity (Wildman–Crippen MR) is 111 cm³/mol. The molecule has 2 heterocycles. The molecule has 0 N–H and O–H groups in total. The minimum absolute atomic E-state index is 0.666. The van der Waals surface area contributed by atoms with E-state index >= 15 is 0 Å². The monoisotopic (exact) mass is 469 g/mol. The maximum absolute atomic E-state index is 5.84. The molecule has 0 aliphatic rings. The quantitative estimate of drug-likeness (QED) is 0.219. The third kappa shape index (κ3) is 4.19. The summed E-state index contributed by atoms with van der Waals surface area (Å²) in [7, 11) is -2.02. The molecule has 0 radical (unpaired) electrons. The Morgan fingerprint density at radius 1 is 0.840 bits per heavy atom. The first-order valence-electron chi connectivity index (χ1n) is 7.98. The Bertz CT molecular complexity index is 665. The van der Waals surface area contributed by atoms with E-state index in [1.165, 1.54) is 5.30 Å². The SMILES string of the molecule is [131I]CCOCC[P+](c1ccccc1)(c1ccncn1)c1ccncn1. The normalized spacial score (nSPS) is 11.4. The fourth-order valence-electron chi connectivity index (χ4n) is 2.80. The van der Waals surface area contributed by atoms with Crippen molar-refractivity contribution in [1.82, 2.24) is 19.9 Å². The van der Waals surface area contributed by atoms with Crippen LogP contribution in [0, 0.1) is 0 Å². The summed E-state index contributed by atoms with van der Waals surface area (Å²) in [6, 6.07) is 14.5. The zero-order chi connectivity index (χ0) is 17.4. The van der Waals surface area contributed by atoms with E-state index in [2.05, 4.69) is 66.8 Å². The maximum Gasteiger partial charge on any atom is 0.197 e. The van der Waals surface area contributed by atoms with Gasteiger partial charge in [-0.05, 0) is 12.1 Å². The summed E-state index contributed by atoms with van der Waals surface area (Å²) in [6.45, 7) is 1.42. The van der Waals surface area contributed by atoms with Crippen LogP contribution in [0.5, 0.6) is 0 Å². The van der Waals surface area contributed by atoms with Crippen molar-refractivity contribution in [2.75, 3.05) is 23.8 Å². The smallest absolute Gasteiger partial charge is 0.197 e. The fraction of sp³-hybridized carbons (Fsp3) is 0.222. The number of hydrogen-bond acceptors (Lipinski definition) is 5. The largest absolute Gasteiger partial charge is 0.377 e. The van der Waals surface area contributed by atoms with Crippen LogP contribution in [0.1, 0.15) is 0 Å². The number of ether oxygens (including phenoxy) is 1. The lowest BCUT2D eigenvalue weighted by atomic mass is 10.4. The molecule has 0 unspecified atom stereocenters. The Morgan fingerprint density at radius 2 is 1.48 bits per heavy atom. The molecule has 0 amide bonds. The molecule has 1 aromatic carbocycles. The van der Waals surface area contributed by atoms with E-state index in [1.807, 2.05) is 18.2 Å². The van der Waals surface area contributed by atoms with Crippen molar-refractivity contribution in [3.63, 3.8) is 0 Å². The summed E-state index contributed by atoms with van der Waals surface area (Å²) in [4.78, 5) is 17.4. The van der Waals surface area contributed by atoms with Gasteiger partial charge in [-0.3, -0.25) is 0 Å². The van der Waals surface area contributed by atoms with Gasteiger partial charge in [0.1, 0.15) is 24.1 Å². The second kappa shape index (κ2) is 9.27. The van der Waals surface area contributed by atoms with Crippen LogP contribution in [-0.4, -0.2) is 43.7 Å². The summed E-state index contributed by atoms with van der Waals surface area (Å²) >= 11 is 2.33. The molecule has 0 fully saturated rings. The van der Waals surface area contributed by atoms with E-state index < -0.39 is 7.26 Å². The van der Waals surface area contributed by atoms with E-state index in [9.17, 15) is 0 Å². The highest BCUT2D eigenvalue weighted by Gasteiger charge is 2.48. The van der Waals surface area contributed by atoms with Gasteiger partial charge in [-0.25, -0.2) is 19.9 Å². The molecule has 0 saturated heterocycles. The molecular formula is C18H19IN4OP+. The number of aromatic nitrogens is 4. The number of nitrogens with zero attached hydrogens (tertiary/aromatic N) is 4. The highest BCUT2D eigenvalue weighted by molar-refractivity contribution is 14.1. The standard InChI is InChI=1S/C18H19IN4OP/c19-8-11-24-12-13-25(16-4-2-1-3-5-16,17-6-9-20-14-22-17)18-7-10-21-15-23-18/h1-7,9-10,14-15H,8,11-13H2/q+1/i19+4. The topological polar surface area (TPSA) is 60.8 Å². The second-order valence-corrected chi connectivity index (χ2v) is 9.88. The van der Waals surface area contributed by atoms with Crippen LogP contribution in [0.2, 0.25) is 0 Å². The third-order valence-corrected chi connectivity index (χ3v) is 8.47. The summed E-state index contributed by atoms with van der Waals surface area (Å²) in [5.74, 6) is 0. The average molecular weight is 469 g/mol. The number of halogens is 1. The summed E-state index contributed by atoms with van der Waals surface area (Å²) < 4.78 is 6.82. The van der Waals surface area contributed by atoms with Gasteiger partial charge < -0.3 is 4.74 Å². The number of rotatable bonds is 8. The van der Waals surface area contributed by atoms with Gasteiger partial charge in [0.2, 0.25) is 0 Å². The van der Waals surface area contributed by atoms with Crippen molar-refractivity contribution >= 4 is 46.0 Å². The fourth-order valence-corrected chi connectivity index (χ4v) is 6.82. The van der Waals surface area contributed by atoms with E-state index in [0.29, 0.717) is 6.61 Å². The highest BCUT2D eigenvalue weighted by Crippen LogP contribution is 2.53. The van der Waals surface area contributed by atoms with Crippen LogP contribution < -0.4 is 16.2 Å². The van der Waals surface area contributed by atoms with Gasteiger partial charge in [-0.1, -0.05) is 40.8 Å². The Balaban J connectivity index is 2.13. The number of alkyl halides is 1. The molecule has 25 heavy (non-hydrogen) atoms. The van der Waals surface area contributed by atoms with E-state index in [1.54, 1.807) is 25.0 Å². The minimum atomic E-state index is -2.02. The molecule has 0 aliphatic carbocycles. The molecule has 7 heteroatoms.